The van der Waals surface area contributed by atoms with Crippen LogP contribution in [0.3, 0.4) is 0 Å². The van der Waals surface area contributed by atoms with Crippen molar-refractivity contribution in [1.29, 1.82) is 0 Å². The Hall–Kier alpha value is -1.12. The van der Waals surface area contributed by atoms with Gasteiger partial charge in [0.2, 0.25) is 0 Å². The molecule has 1 aliphatic rings. The van der Waals surface area contributed by atoms with Gasteiger partial charge in [-0.2, -0.15) is 11.3 Å². The first-order valence-corrected chi connectivity index (χ1v) is 6.59. The molecule has 1 N–H and O–H groups in total. The highest BCUT2D eigenvalue weighted by Gasteiger charge is 2.23. The topological polar surface area (TPSA) is 20.2 Å². The largest absolute Gasteiger partial charge is 0.384 e. The summed E-state index contributed by atoms with van der Waals surface area (Å²) in [6.07, 6.45) is 2.18. The Morgan fingerprint density at radius 1 is 1.06 bits per heavy atom. The van der Waals surface area contributed by atoms with Crippen molar-refractivity contribution in [3.63, 3.8) is 0 Å². The molecule has 1 nitrogen and oxygen atoms in total. The van der Waals surface area contributed by atoms with Crippen LogP contribution in [0, 0.1) is 0 Å². The molecule has 1 fully saturated rings. The molecule has 1 aromatic heterocycles. The average Bonchev–Trinajstić information content (AvgIpc) is 3.04. The molecule has 0 unspecified atom stereocenters. The van der Waals surface area contributed by atoms with E-state index < -0.39 is 6.10 Å². The summed E-state index contributed by atoms with van der Waals surface area (Å²) in [5.74, 6) is 0.785. The summed E-state index contributed by atoms with van der Waals surface area (Å²) in [4.78, 5) is 0. The Morgan fingerprint density at radius 3 is 2.38 bits per heavy atom. The first-order valence-electron chi connectivity index (χ1n) is 5.64. The van der Waals surface area contributed by atoms with E-state index in [1.807, 2.05) is 16.8 Å². The molecule has 2 heteroatoms. The highest BCUT2D eigenvalue weighted by atomic mass is 32.1. The fourth-order valence-electron chi connectivity index (χ4n) is 1.99. The Balaban J connectivity index is 1.83. The van der Waals surface area contributed by atoms with Gasteiger partial charge in [-0.05, 0) is 52.3 Å². The van der Waals surface area contributed by atoms with Crippen molar-refractivity contribution in [1.82, 2.24) is 0 Å². The fourth-order valence-corrected chi connectivity index (χ4v) is 2.67. The third-order valence-electron chi connectivity index (χ3n) is 3.16. The third kappa shape index (κ3) is 1.91. The number of rotatable bonds is 3. The molecule has 0 radical (unpaired) electrons. The smallest absolute Gasteiger partial charge is 0.105 e. The number of benzene rings is 1. The maximum atomic E-state index is 10.1. The normalized spacial score (nSPS) is 17.3. The average molecular weight is 230 g/mol. The van der Waals surface area contributed by atoms with Crippen LogP contribution in [0.15, 0.2) is 41.1 Å². The minimum Gasteiger partial charge on any atom is -0.384 e. The third-order valence-corrected chi connectivity index (χ3v) is 3.86. The second kappa shape index (κ2) is 4.04. The van der Waals surface area contributed by atoms with E-state index in [0.717, 1.165) is 17.0 Å². The molecule has 82 valence electrons. The molecule has 1 aliphatic carbocycles. The van der Waals surface area contributed by atoms with Gasteiger partial charge in [0.1, 0.15) is 6.10 Å². The Labute approximate surface area is 99.4 Å². The zero-order valence-corrected chi connectivity index (χ0v) is 9.78. The van der Waals surface area contributed by atoms with E-state index in [4.69, 9.17) is 0 Å². The maximum absolute atomic E-state index is 10.1. The molecule has 16 heavy (non-hydrogen) atoms. The molecule has 0 spiro atoms. The van der Waals surface area contributed by atoms with E-state index in [2.05, 4.69) is 24.3 Å². The van der Waals surface area contributed by atoms with Crippen LogP contribution in [0.4, 0.5) is 0 Å². The van der Waals surface area contributed by atoms with E-state index >= 15 is 0 Å². The van der Waals surface area contributed by atoms with Gasteiger partial charge in [-0.15, -0.1) is 0 Å². The van der Waals surface area contributed by atoms with Crippen molar-refractivity contribution in [2.45, 2.75) is 24.9 Å². The van der Waals surface area contributed by atoms with Gasteiger partial charge < -0.3 is 5.11 Å². The molecule has 1 atom stereocenters. The number of aliphatic hydroxyl groups is 1. The summed E-state index contributed by atoms with van der Waals surface area (Å²) < 4.78 is 0. The molecular formula is C14H14OS. The highest BCUT2D eigenvalue weighted by Crippen LogP contribution is 2.40. The number of hydrogen-bond acceptors (Lipinski definition) is 2. The van der Waals surface area contributed by atoms with E-state index in [-0.39, 0.29) is 0 Å². The zero-order chi connectivity index (χ0) is 11.0. The fraction of sp³-hybridized carbons (Fsp3) is 0.286. The molecule has 1 saturated carbocycles. The standard InChI is InChI=1S/C14H14OS/c15-14(13-7-8-16-9-13)12-5-3-11(4-6-12)10-1-2-10/h3-10,14-15H,1-2H2/t14-/m1/s1. The number of hydrogen-bond donors (Lipinski definition) is 1. The lowest BCUT2D eigenvalue weighted by Gasteiger charge is -2.09. The van der Waals surface area contributed by atoms with Gasteiger partial charge in [-0.25, -0.2) is 0 Å². The monoisotopic (exact) mass is 230 g/mol. The molecule has 1 heterocycles. The summed E-state index contributed by atoms with van der Waals surface area (Å²) in [6.45, 7) is 0. The number of aliphatic hydroxyl groups excluding tert-OH is 1. The van der Waals surface area contributed by atoms with Crippen LogP contribution in [0.25, 0.3) is 0 Å². The Bertz CT molecular complexity index is 454. The predicted octanol–water partition coefficient (Wildman–Crippen LogP) is 3.71. The van der Waals surface area contributed by atoms with E-state index in [1.54, 1.807) is 11.3 Å². The van der Waals surface area contributed by atoms with Gasteiger partial charge in [0, 0.05) is 0 Å². The lowest BCUT2D eigenvalue weighted by Crippen LogP contribution is -1.97. The SMILES string of the molecule is O[C@H](c1ccc(C2CC2)cc1)c1ccsc1. The quantitative estimate of drug-likeness (QED) is 0.852. The van der Waals surface area contributed by atoms with Gasteiger partial charge in [0.05, 0.1) is 0 Å². The molecule has 0 saturated heterocycles. The molecule has 2 aromatic rings. The van der Waals surface area contributed by atoms with Crippen LogP contribution in [-0.2, 0) is 0 Å². The second-order valence-corrected chi connectivity index (χ2v) is 5.18. The van der Waals surface area contributed by atoms with Crippen molar-refractivity contribution in [3.8, 4) is 0 Å². The van der Waals surface area contributed by atoms with Crippen LogP contribution in [0.1, 0.15) is 41.6 Å². The van der Waals surface area contributed by atoms with Gasteiger partial charge in [-0.1, -0.05) is 24.3 Å². The van der Waals surface area contributed by atoms with Gasteiger partial charge in [-0.3, -0.25) is 0 Å². The van der Waals surface area contributed by atoms with Crippen molar-refractivity contribution < 1.29 is 5.11 Å². The van der Waals surface area contributed by atoms with E-state index in [0.29, 0.717) is 0 Å². The summed E-state index contributed by atoms with van der Waals surface area (Å²) in [6, 6.07) is 10.4. The predicted molar refractivity (Wildman–Crippen MR) is 66.8 cm³/mol. The van der Waals surface area contributed by atoms with Crippen LogP contribution >= 0.6 is 11.3 Å². The van der Waals surface area contributed by atoms with Gasteiger partial charge in [0.25, 0.3) is 0 Å². The van der Waals surface area contributed by atoms with Crippen LogP contribution in [0.2, 0.25) is 0 Å². The lowest BCUT2D eigenvalue weighted by atomic mass is 10.0. The first-order chi connectivity index (χ1) is 7.84. The van der Waals surface area contributed by atoms with E-state index in [1.165, 1.54) is 18.4 Å². The molecule has 0 bridgehead atoms. The van der Waals surface area contributed by atoms with Crippen molar-refractivity contribution in [2.75, 3.05) is 0 Å². The highest BCUT2D eigenvalue weighted by molar-refractivity contribution is 7.07. The molecular weight excluding hydrogens is 216 g/mol. The van der Waals surface area contributed by atoms with Crippen molar-refractivity contribution in [2.24, 2.45) is 0 Å². The second-order valence-electron chi connectivity index (χ2n) is 4.40. The first kappa shape index (κ1) is 10.1. The van der Waals surface area contributed by atoms with Crippen LogP contribution in [0.5, 0.6) is 0 Å². The summed E-state index contributed by atoms with van der Waals surface area (Å²) >= 11 is 1.62. The zero-order valence-electron chi connectivity index (χ0n) is 8.97. The van der Waals surface area contributed by atoms with Gasteiger partial charge >= 0.3 is 0 Å². The van der Waals surface area contributed by atoms with Crippen molar-refractivity contribution in [3.05, 3.63) is 57.8 Å². The van der Waals surface area contributed by atoms with Crippen LogP contribution in [-0.4, -0.2) is 5.11 Å². The summed E-state index contributed by atoms with van der Waals surface area (Å²) in [5.41, 5.74) is 3.40. The molecule has 3 rings (SSSR count). The minimum absolute atomic E-state index is 0.473. The van der Waals surface area contributed by atoms with Gasteiger partial charge in [0.15, 0.2) is 0 Å². The minimum atomic E-state index is -0.473. The van der Waals surface area contributed by atoms with Crippen LogP contribution < -0.4 is 0 Å². The summed E-state index contributed by atoms with van der Waals surface area (Å²) in [7, 11) is 0. The maximum Gasteiger partial charge on any atom is 0.105 e. The Morgan fingerprint density at radius 2 is 1.81 bits per heavy atom. The van der Waals surface area contributed by atoms with E-state index in [9.17, 15) is 5.11 Å². The molecule has 0 amide bonds. The summed E-state index contributed by atoms with van der Waals surface area (Å²) in [5, 5.41) is 14.1. The molecule has 0 aliphatic heterocycles. The Kier molecular flexibility index (Phi) is 2.54. The number of thiophene rings is 1. The van der Waals surface area contributed by atoms with Crippen molar-refractivity contribution >= 4 is 11.3 Å². The molecule has 1 aromatic carbocycles. The lowest BCUT2D eigenvalue weighted by molar-refractivity contribution is 0.221.